The highest BCUT2D eigenvalue weighted by Crippen LogP contribution is 2.10. The van der Waals surface area contributed by atoms with Gasteiger partial charge in [0.05, 0.1) is 13.7 Å². The molecule has 1 aromatic carbocycles. The fraction of sp³-hybridized carbons (Fsp3) is 0.211. The molecule has 10 heteroatoms. The summed E-state index contributed by atoms with van der Waals surface area (Å²) in [5.74, 6) is 0.220. The zero-order valence-electron chi connectivity index (χ0n) is 16.0. The lowest BCUT2D eigenvalue weighted by molar-refractivity contribution is -0.124. The van der Waals surface area contributed by atoms with Crippen molar-refractivity contribution in [3.8, 4) is 5.75 Å². The molecule has 10 nitrogen and oxygen atoms in total. The van der Waals surface area contributed by atoms with Gasteiger partial charge in [-0.3, -0.25) is 9.59 Å². The summed E-state index contributed by atoms with van der Waals surface area (Å²) in [4.78, 5) is 34.5. The molecular formula is C19H20N6O4. The van der Waals surface area contributed by atoms with Crippen LogP contribution in [-0.2, 0) is 16.1 Å². The summed E-state index contributed by atoms with van der Waals surface area (Å²) in [5.41, 5.74) is 1.92. The van der Waals surface area contributed by atoms with Crippen molar-refractivity contribution >= 4 is 23.0 Å². The van der Waals surface area contributed by atoms with Gasteiger partial charge in [-0.1, -0.05) is 17.0 Å². The normalized spacial score (nSPS) is 11.2. The Balaban J connectivity index is 1.44. The molecule has 2 amide bonds. The maximum Gasteiger partial charge on any atom is 0.247 e. The number of methoxy groups -OCH3 is 1. The fourth-order valence-corrected chi connectivity index (χ4v) is 2.38. The van der Waals surface area contributed by atoms with Crippen molar-refractivity contribution in [1.82, 2.24) is 30.8 Å². The quantitative estimate of drug-likeness (QED) is 0.422. The summed E-state index contributed by atoms with van der Waals surface area (Å²) in [7, 11) is 1.59. The van der Waals surface area contributed by atoms with Crippen LogP contribution >= 0.6 is 0 Å². The Morgan fingerprint density at radius 1 is 1.17 bits per heavy atom. The van der Waals surface area contributed by atoms with Crippen LogP contribution in [0.3, 0.4) is 0 Å². The largest absolute Gasteiger partial charge is 0.497 e. The van der Waals surface area contributed by atoms with Crippen molar-refractivity contribution in [3.63, 3.8) is 0 Å². The predicted molar refractivity (Wildman–Crippen MR) is 104 cm³/mol. The molecule has 0 aliphatic heterocycles. The molecule has 0 fully saturated rings. The molecule has 0 atom stereocenters. The SMILES string of the molecule is COc1ccc(CNC(=O)CNC(=O)/C=C(\C)On2nnc3cccnc32)cc1. The molecule has 3 aromatic rings. The molecule has 150 valence electrons. The van der Waals surface area contributed by atoms with E-state index in [1.807, 2.05) is 24.3 Å². The minimum Gasteiger partial charge on any atom is -0.497 e. The van der Waals surface area contributed by atoms with Crippen LogP contribution in [0.15, 0.2) is 54.4 Å². The highest BCUT2D eigenvalue weighted by molar-refractivity contribution is 5.91. The summed E-state index contributed by atoms with van der Waals surface area (Å²) in [6, 6.07) is 10.8. The average molecular weight is 396 g/mol. The second-order valence-electron chi connectivity index (χ2n) is 6.00. The topological polar surface area (TPSA) is 120 Å². The van der Waals surface area contributed by atoms with Crippen LogP contribution in [0.2, 0.25) is 0 Å². The number of carbonyl (C=O) groups excluding carboxylic acids is 2. The number of amides is 2. The second-order valence-corrected chi connectivity index (χ2v) is 6.00. The number of carbonyl (C=O) groups is 2. The maximum atomic E-state index is 12.0. The Morgan fingerprint density at radius 2 is 1.97 bits per heavy atom. The first-order valence-corrected chi connectivity index (χ1v) is 8.75. The molecule has 2 N–H and O–H groups in total. The Morgan fingerprint density at radius 3 is 2.72 bits per heavy atom. The standard InChI is InChI=1S/C19H20N6O4/c1-13(29-25-19-16(23-24-25)4-3-9-20-19)10-17(26)22-12-18(27)21-11-14-5-7-15(28-2)8-6-14/h3-10H,11-12H2,1-2H3,(H,21,27)(H,22,26)/b13-10+. The van der Waals surface area contributed by atoms with Crippen LogP contribution in [0.1, 0.15) is 12.5 Å². The summed E-state index contributed by atoms with van der Waals surface area (Å²) in [6.07, 6.45) is 2.80. The Hall–Kier alpha value is -3.95. The number of rotatable bonds is 8. The molecular weight excluding hydrogens is 376 g/mol. The third-order valence-corrected chi connectivity index (χ3v) is 3.82. The van der Waals surface area contributed by atoms with Crippen molar-refractivity contribution < 1.29 is 19.2 Å². The lowest BCUT2D eigenvalue weighted by atomic mass is 10.2. The number of allylic oxidation sites excluding steroid dienone is 1. The Labute approximate surface area is 166 Å². The van der Waals surface area contributed by atoms with E-state index < -0.39 is 5.91 Å². The van der Waals surface area contributed by atoms with Gasteiger partial charge in [0.2, 0.25) is 17.5 Å². The van der Waals surface area contributed by atoms with Crippen LogP contribution in [0.5, 0.6) is 5.75 Å². The molecule has 0 aliphatic carbocycles. The summed E-state index contributed by atoms with van der Waals surface area (Å²) >= 11 is 0. The minimum absolute atomic E-state index is 0.160. The number of hydrogen-bond acceptors (Lipinski definition) is 7. The van der Waals surface area contributed by atoms with Crippen molar-refractivity contribution in [1.29, 1.82) is 0 Å². The van der Waals surface area contributed by atoms with Crippen molar-refractivity contribution in [2.75, 3.05) is 13.7 Å². The molecule has 2 heterocycles. The number of ether oxygens (including phenoxy) is 1. The van der Waals surface area contributed by atoms with Gasteiger partial charge in [0.1, 0.15) is 17.0 Å². The molecule has 2 aromatic heterocycles. The van der Waals surface area contributed by atoms with E-state index in [1.54, 1.807) is 32.4 Å². The smallest absolute Gasteiger partial charge is 0.247 e. The van der Waals surface area contributed by atoms with Crippen molar-refractivity contribution in [2.45, 2.75) is 13.5 Å². The second kappa shape index (κ2) is 9.31. The van der Waals surface area contributed by atoms with Gasteiger partial charge in [0, 0.05) is 18.8 Å². The van der Waals surface area contributed by atoms with Crippen molar-refractivity contribution in [2.24, 2.45) is 0 Å². The van der Waals surface area contributed by atoms with Crippen molar-refractivity contribution in [3.05, 3.63) is 60.0 Å². The first kappa shape index (κ1) is 19.8. The third-order valence-electron chi connectivity index (χ3n) is 3.82. The first-order chi connectivity index (χ1) is 14.0. The number of hydrogen-bond donors (Lipinski definition) is 2. The van der Waals surface area contributed by atoms with E-state index in [2.05, 4.69) is 25.9 Å². The van der Waals surface area contributed by atoms with E-state index in [4.69, 9.17) is 9.57 Å². The van der Waals surface area contributed by atoms with Gasteiger partial charge in [0.25, 0.3) is 0 Å². The van der Waals surface area contributed by atoms with Crippen LogP contribution in [-0.4, -0.2) is 45.6 Å². The zero-order chi connectivity index (χ0) is 20.6. The minimum atomic E-state index is -0.473. The summed E-state index contributed by atoms with van der Waals surface area (Å²) in [5, 5.41) is 12.9. The first-order valence-electron chi connectivity index (χ1n) is 8.75. The molecule has 3 rings (SSSR count). The van der Waals surface area contributed by atoms with E-state index in [9.17, 15) is 9.59 Å². The van der Waals surface area contributed by atoms with Crippen LogP contribution < -0.4 is 20.2 Å². The fourth-order valence-electron chi connectivity index (χ4n) is 2.38. The Bertz CT molecular complexity index is 1030. The monoisotopic (exact) mass is 396 g/mol. The van der Waals surface area contributed by atoms with Gasteiger partial charge in [-0.25, -0.2) is 4.98 Å². The molecule has 0 saturated heterocycles. The third kappa shape index (κ3) is 5.51. The molecule has 29 heavy (non-hydrogen) atoms. The van der Waals surface area contributed by atoms with E-state index in [1.165, 1.54) is 6.08 Å². The van der Waals surface area contributed by atoms with E-state index >= 15 is 0 Å². The lowest BCUT2D eigenvalue weighted by Gasteiger charge is -2.07. The number of fused-ring (bicyclic) bond motifs is 1. The number of nitrogens with one attached hydrogen (secondary N) is 2. The number of nitrogens with zero attached hydrogens (tertiary/aromatic N) is 4. The number of pyridine rings is 1. The van der Waals surface area contributed by atoms with Crippen LogP contribution in [0, 0.1) is 0 Å². The molecule has 0 aliphatic rings. The van der Waals surface area contributed by atoms with Gasteiger partial charge >= 0.3 is 0 Å². The van der Waals surface area contributed by atoms with E-state index in [0.717, 1.165) is 16.2 Å². The maximum absolute atomic E-state index is 12.0. The van der Waals surface area contributed by atoms with Crippen LogP contribution in [0.4, 0.5) is 0 Å². The van der Waals surface area contributed by atoms with Gasteiger partial charge in [-0.15, -0.1) is 5.10 Å². The van der Waals surface area contributed by atoms with Gasteiger partial charge in [0.15, 0.2) is 0 Å². The highest BCUT2D eigenvalue weighted by Gasteiger charge is 2.08. The molecule has 0 spiro atoms. The van der Waals surface area contributed by atoms with E-state index in [0.29, 0.717) is 17.7 Å². The van der Waals surface area contributed by atoms with Gasteiger partial charge in [-0.2, -0.15) is 0 Å². The number of aromatic nitrogens is 4. The van der Waals surface area contributed by atoms with Gasteiger partial charge in [-0.05, 0) is 42.0 Å². The predicted octanol–water partition coefficient (Wildman–Crippen LogP) is 0.600. The average Bonchev–Trinajstić information content (AvgIpc) is 3.14. The van der Waals surface area contributed by atoms with Crippen LogP contribution in [0.25, 0.3) is 11.2 Å². The Kier molecular flexibility index (Phi) is 6.36. The molecule has 0 unspecified atom stereocenters. The molecule has 0 radical (unpaired) electrons. The molecule has 0 bridgehead atoms. The summed E-state index contributed by atoms with van der Waals surface area (Å²) < 4.78 is 5.08. The van der Waals surface area contributed by atoms with Gasteiger partial charge < -0.3 is 20.2 Å². The zero-order valence-corrected chi connectivity index (χ0v) is 16.0. The molecule has 0 saturated carbocycles. The highest BCUT2D eigenvalue weighted by atomic mass is 16.7. The summed E-state index contributed by atoms with van der Waals surface area (Å²) in [6.45, 7) is 1.77. The lowest BCUT2D eigenvalue weighted by Crippen LogP contribution is -2.36. The number of benzene rings is 1. The van der Waals surface area contributed by atoms with E-state index in [-0.39, 0.29) is 18.2 Å².